The predicted octanol–water partition coefficient (Wildman–Crippen LogP) is 3.76. The van der Waals surface area contributed by atoms with Crippen molar-refractivity contribution in [3.63, 3.8) is 0 Å². The lowest BCUT2D eigenvalue weighted by Gasteiger charge is -2.20. The summed E-state index contributed by atoms with van der Waals surface area (Å²) >= 11 is 1.75. The van der Waals surface area contributed by atoms with Crippen molar-refractivity contribution in [1.82, 2.24) is 5.32 Å². The van der Waals surface area contributed by atoms with Gasteiger partial charge in [0.1, 0.15) is 5.82 Å². The van der Waals surface area contributed by atoms with Crippen molar-refractivity contribution < 1.29 is 14.3 Å². The zero-order valence-electron chi connectivity index (χ0n) is 13.4. The predicted molar refractivity (Wildman–Crippen MR) is 91.0 cm³/mol. The number of benzene rings is 1. The van der Waals surface area contributed by atoms with Gasteiger partial charge in [0.2, 0.25) is 5.91 Å². The van der Waals surface area contributed by atoms with E-state index >= 15 is 0 Å². The van der Waals surface area contributed by atoms with Crippen molar-refractivity contribution in [3.05, 3.63) is 57.5 Å². The monoisotopic (exact) mass is 335 g/mol. The third-order valence-electron chi connectivity index (χ3n) is 3.70. The second-order valence-electron chi connectivity index (χ2n) is 5.72. The molecule has 0 aliphatic heterocycles. The number of hydrogen-bond donors (Lipinski definition) is 2. The summed E-state index contributed by atoms with van der Waals surface area (Å²) in [6.45, 7) is 3.81. The van der Waals surface area contributed by atoms with Crippen LogP contribution in [0, 0.1) is 12.7 Å². The second kappa shape index (κ2) is 8.22. The minimum absolute atomic E-state index is 0.0769. The highest BCUT2D eigenvalue weighted by atomic mass is 32.1. The molecule has 23 heavy (non-hydrogen) atoms. The highest BCUT2D eigenvalue weighted by Gasteiger charge is 2.18. The van der Waals surface area contributed by atoms with Crippen LogP contribution in [0.5, 0.6) is 0 Å². The van der Waals surface area contributed by atoms with Crippen LogP contribution in [0.15, 0.2) is 36.4 Å². The maximum absolute atomic E-state index is 12.9. The average Bonchev–Trinajstić information content (AvgIpc) is 2.92. The van der Waals surface area contributed by atoms with Crippen LogP contribution < -0.4 is 5.32 Å². The van der Waals surface area contributed by atoms with Crippen molar-refractivity contribution in [2.24, 2.45) is 0 Å². The van der Waals surface area contributed by atoms with E-state index in [0.717, 1.165) is 12.8 Å². The molecule has 0 saturated carbocycles. The van der Waals surface area contributed by atoms with Gasteiger partial charge in [-0.2, -0.15) is 0 Å². The van der Waals surface area contributed by atoms with Crippen LogP contribution in [0.3, 0.4) is 0 Å². The number of amides is 1. The van der Waals surface area contributed by atoms with Crippen LogP contribution in [-0.2, 0) is 11.2 Å². The van der Waals surface area contributed by atoms with Crippen molar-refractivity contribution >= 4 is 17.2 Å². The molecule has 2 unspecified atom stereocenters. The number of rotatable bonds is 7. The SMILES string of the molecule is Cc1ccc(CCCC(=O)NC(C)C(O)c2ccc(F)cc2)s1. The number of hydrogen-bond acceptors (Lipinski definition) is 3. The van der Waals surface area contributed by atoms with Crippen LogP contribution in [-0.4, -0.2) is 17.1 Å². The van der Waals surface area contributed by atoms with Crippen molar-refractivity contribution in [2.45, 2.75) is 45.3 Å². The fourth-order valence-corrected chi connectivity index (χ4v) is 3.33. The maximum atomic E-state index is 12.9. The Morgan fingerprint density at radius 3 is 2.57 bits per heavy atom. The number of thiophene rings is 1. The zero-order valence-corrected chi connectivity index (χ0v) is 14.2. The van der Waals surface area contributed by atoms with Gasteiger partial charge in [-0.25, -0.2) is 4.39 Å². The van der Waals surface area contributed by atoms with Crippen LogP contribution in [0.25, 0.3) is 0 Å². The molecule has 2 N–H and O–H groups in total. The van der Waals surface area contributed by atoms with Crippen LogP contribution in [0.2, 0.25) is 0 Å². The summed E-state index contributed by atoms with van der Waals surface area (Å²) in [5, 5.41) is 13.0. The van der Waals surface area contributed by atoms with Crippen molar-refractivity contribution in [2.75, 3.05) is 0 Å². The Morgan fingerprint density at radius 2 is 1.96 bits per heavy atom. The summed E-state index contributed by atoms with van der Waals surface area (Å²) in [6.07, 6.45) is 1.25. The molecule has 5 heteroatoms. The van der Waals surface area contributed by atoms with Crippen LogP contribution in [0.1, 0.15) is 41.2 Å². The molecule has 1 amide bonds. The number of carbonyl (C=O) groups excluding carboxylic acids is 1. The minimum Gasteiger partial charge on any atom is -0.386 e. The molecule has 0 saturated heterocycles. The Morgan fingerprint density at radius 1 is 1.26 bits per heavy atom. The molecule has 1 aromatic heterocycles. The molecule has 0 radical (unpaired) electrons. The zero-order chi connectivity index (χ0) is 16.8. The van der Waals surface area contributed by atoms with Gasteiger partial charge < -0.3 is 10.4 Å². The van der Waals surface area contributed by atoms with Crippen molar-refractivity contribution in [1.29, 1.82) is 0 Å². The first-order valence-electron chi connectivity index (χ1n) is 7.74. The van der Waals surface area contributed by atoms with Gasteiger partial charge in [0.25, 0.3) is 0 Å². The third kappa shape index (κ3) is 5.44. The number of halogens is 1. The molecular weight excluding hydrogens is 313 g/mol. The Balaban J connectivity index is 1.76. The molecule has 124 valence electrons. The number of aliphatic hydroxyl groups excluding tert-OH is 1. The fourth-order valence-electron chi connectivity index (χ4n) is 2.40. The van der Waals surface area contributed by atoms with E-state index in [2.05, 4.69) is 24.4 Å². The van der Waals surface area contributed by atoms with Crippen molar-refractivity contribution in [3.8, 4) is 0 Å². The highest BCUT2D eigenvalue weighted by Crippen LogP contribution is 2.19. The number of aryl methyl sites for hydroxylation is 2. The lowest BCUT2D eigenvalue weighted by Crippen LogP contribution is -2.37. The van der Waals surface area contributed by atoms with E-state index in [-0.39, 0.29) is 11.7 Å². The first-order valence-corrected chi connectivity index (χ1v) is 8.55. The van der Waals surface area contributed by atoms with Crippen LogP contribution >= 0.6 is 11.3 Å². The van der Waals surface area contributed by atoms with Gasteiger partial charge in [-0.05, 0) is 56.5 Å². The first-order chi connectivity index (χ1) is 11.0. The topological polar surface area (TPSA) is 49.3 Å². The number of carbonyl (C=O) groups is 1. The van der Waals surface area contributed by atoms with Gasteiger partial charge in [-0.1, -0.05) is 12.1 Å². The largest absolute Gasteiger partial charge is 0.386 e. The van der Waals surface area contributed by atoms with Gasteiger partial charge in [-0.3, -0.25) is 4.79 Å². The average molecular weight is 335 g/mol. The fraction of sp³-hybridized carbons (Fsp3) is 0.389. The molecular formula is C18H22FNO2S. The van der Waals surface area contributed by atoms with E-state index in [1.54, 1.807) is 18.3 Å². The Hall–Kier alpha value is -1.72. The maximum Gasteiger partial charge on any atom is 0.220 e. The molecule has 0 aliphatic carbocycles. The smallest absolute Gasteiger partial charge is 0.220 e. The van der Waals surface area contributed by atoms with Gasteiger partial charge in [0.05, 0.1) is 12.1 Å². The molecule has 0 fully saturated rings. The molecule has 0 aliphatic rings. The second-order valence-corrected chi connectivity index (χ2v) is 7.09. The highest BCUT2D eigenvalue weighted by molar-refractivity contribution is 7.11. The van der Waals surface area contributed by atoms with Gasteiger partial charge in [0, 0.05) is 16.2 Å². The molecule has 1 heterocycles. The summed E-state index contributed by atoms with van der Waals surface area (Å²) in [7, 11) is 0. The summed E-state index contributed by atoms with van der Waals surface area (Å²) in [5.74, 6) is -0.423. The molecule has 2 aromatic rings. The van der Waals surface area contributed by atoms with E-state index in [4.69, 9.17) is 0 Å². The number of aliphatic hydroxyl groups is 1. The molecule has 1 aromatic carbocycles. The lowest BCUT2D eigenvalue weighted by atomic mass is 10.0. The van der Waals surface area contributed by atoms with E-state index < -0.39 is 12.1 Å². The Kier molecular flexibility index (Phi) is 6.30. The van der Waals surface area contributed by atoms with Gasteiger partial charge >= 0.3 is 0 Å². The normalized spacial score (nSPS) is 13.6. The summed E-state index contributed by atoms with van der Waals surface area (Å²) < 4.78 is 12.9. The number of nitrogens with one attached hydrogen (secondary N) is 1. The van der Waals surface area contributed by atoms with E-state index in [0.29, 0.717) is 12.0 Å². The minimum atomic E-state index is -0.848. The molecule has 2 rings (SSSR count). The van der Waals surface area contributed by atoms with E-state index in [1.807, 2.05) is 0 Å². The molecule has 0 spiro atoms. The lowest BCUT2D eigenvalue weighted by molar-refractivity contribution is -0.122. The summed E-state index contributed by atoms with van der Waals surface area (Å²) in [4.78, 5) is 14.5. The summed E-state index contributed by atoms with van der Waals surface area (Å²) in [5.41, 5.74) is 0.591. The summed E-state index contributed by atoms with van der Waals surface area (Å²) in [6, 6.07) is 9.42. The van der Waals surface area contributed by atoms with Crippen LogP contribution in [0.4, 0.5) is 4.39 Å². The Bertz CT molecular complexity index is 639. The first kappa shape index (κ1) is 17.6. The molecule has 2 atom stereocenters. The Labute approximate surface area is 140 Å². The van der Waals surface area contributed by atoms with Gasteiger partial charge in [0.15, 0.2) is 0 Å². The molecule has 3 nitrogen and oxygen atoms in total. The van der Waals surface area contributed by atoms with E-state index in [1.165, 1.54) is 34.0 Å². The quantitative estimate of drug-likeness (QED) is 0.809. The molecule has 0 bridgehead atoms. The van der Waals surface area contributed by atoms with E-state index in [9.17, 15) is 14.3 Å². The van der Waals surface area contributed by atoms with Gasteiger partial charge in [-0.15, -0.1) is 11.3 Å². The third-order valence-corrected chi connectivity index (χ3v) is 4.76. The standard InChI is InChI=1S/C18H22FNO2S/c1-12-6-11-16(23-12)4-3-5-17(21)20-13(2)18(22)14-7-9-15(19)10-8-14/h6-11,13,18,22H,3-5H2,1-2H3,(H,20,21).